The molecule has 0 aliphatic rings. The maximum Gasteiger partial charge on any atom is 0.390 e. The van der Waals surface area contributed by atoms with Gasteiger partial charge in [-0.25, -0.2) is 0 Å². The zero-order valence-electron chi connectivity index (χ0n) is 13.2. The van der Waals surface area contributed by atoms with Gasteiger partial charge in [0.25, 0.3) is 0 Å². The molecule has 0 fully saturated rings. The van der Waals surface area contributed by atoms with Crippen LogP contribution in [0.25, 0.3) is 0 Å². The standard InChI is InChI=1S/C16H20F3NO3/c1-12(21)13-5-3-6-14(11-13)23-10-4-7-15(22)20(2)9-8-16(17,18)19/h3,5-6,11H,4,7-10H2,1-2H3. The molecule has 0 unspecified atom stereocenters. The van der Waals surface area contributed by atoms with Crippen molar-refractivity contribution in [3.63, 3.8) is 0 Å². The second-order valence-electron chi connectivity index (χ2n) is 5.22. The van der Waals surface area contributed by atoms with Crippen molar-refractivity contribution in [2.75, 3.05) is 20.2 Å². The number of ether oxygens (including phenoxy) is 1. The molecule has 0 spiro atoms. The van der Waals surface area contributed by atoms with E-state index in [2.05, 4.69) is 0 Å². The van der Waals surface area contributed by atoms with E-state index in [1.807, 2.05) is 0 Å². The van der Waals surface area contributed by atoms with Gasteiger partial charge in [0.1, 0.15) is 5.75 Å². The lowest BCUT2D eigenvalue weighted by Crippen LogP contribution is -2.30. The Balaban J connectivity index is 2.30. The molecule has 0 atom stereocenters. The Hall–Kier alpha value is -2.05. The molecule has 1 rings (SSSR count). The molecule has 0 aliphatic carbocycles. The summed E-state index contributed by atoms with van der Waals surface area (Å²) >= 11 is 0. The van der Waals surface area contributed by atoms with E-state index >= 15 is 0 Å². The molecule has 7 heteroatoms. The zero-order chi connectivity index (χ0) is 17.5. The van der Waals surface area contributed by atoms with E-state index in [1.165, 1.54) is 14.0 Å². The predicted molar refractivity (Wildman–Crippen MR) is 79.5 cm³/mol. The van der Waals surface area contributed by atoms with E-state index in [9.17, 15) is 22.8 Å². The molecular weight excluding hydrogens is 311 g/mol. The first kappa shape index (κ1) is 19.0. The van der Waals surface area contributed by atoms with Crippen molar-refractivity contribution in [3.8, 4) is 5.75 Å². The second-order valence-corrected chi connectivity index (χ2v) is 5.22. The fourth-order valence-corrected chi connectivity index (χ4v) is 1.83. The van der Waals surface area contributed by atoms with Crippen molar-refractivity contribution in [1.29, 1.82) is 0 Å². The number of rotatable bonds is 8. The first-order valence-corrected chi connectivity index (χ1v) is 7.23. The lowest BCUT2D eigenvalue weighted by atomic mass is 10.1. The van der Waals surface area contributed by atoms with Crippen molar-refractivity contribution in [1.82, 2.24) is 4.90 Å². The summed E-state index contributed by atoms with van der Waals surface area (Å²) in [7, 11) is 1.35. The zero-order valence-corrected chi connectivity index (χ0v) is 13.2. The summed E-state index contributed by atoms with van der Waals surface area (Å²) in [4.78, 5) is 24.0. The molecular formula is C16H20F3NO3. The van der Waals surface area contributed by atoms with E-state index < -0.39 is 12.6 Å². The summed E-state index contributed by atoms with van der Waals surface area (Å²) < 4.78 is 41.7. The number of carbonyl (C=O) groups is 2. The molecule has 1 amide bonds. The third-order valence-electron chi connectivity index (χ3n) is 3.20. The largest absolute Gasteiger partial charge is 0.494 e. The van der Waals surface area contributed by atoms with Crippen LogP contribution < -0.4 is 4.74 Å². The number of halogens is 3. The minimum atomic E-state index is -4.26. The fraction of sp³-hybridized carbons (Fsp3) is 0.500. The average molecular weight is 331 g/mol. The summed E-state index contributed by atoms with van der Waals surface area (Å²) in [6, 6.07) is 6.68. The fourth-order valence-electron chi connectivity index (χ4n) is 1.83. The Kier molecular flexibility index (Phi) is 7.06. The lowest BCUT2D eigenvalue weighted by molar-refractivity contribution is -0.144. The van der Waals surface area contributed by atoms with Gasteiger partial charge in [0.05, 0.1) is 13.0 Å². The molecule has 0 heterocycles. The van der Waals surface area contributed by atoms with Gasteiger partial charge in [-0.05, 0) is 25.5 Å². The maximum atomic E-state index is 12.1. The highest BCUT2D eigenvalue weighted by atomic mass is 19.4. The van der Waals surface area contributed by atoms with Gasteiger partial charge in [0.2, 0.25) is 5.91 Å². The molecule has 0 aliphatic heterocycles. The van der Waals surface area contributed by atoms with Crippen molar-refractivity contribution < 1.29 is 27.5 Å². The Labute approximate surface area is 133 Å². The number of nitrogens with zero attached hydrogens (tertiary/aromatic N) is 1. The third-order valence-corrected chi connectivity index (χ3v) is 3.20. The first-order chi connectivity index (χ1) is 10.7. The molecule has 0 radical (unpaired) electrons. The van der Waals surface area contributed by atoms with Crippen molar-refractivity contribution in [2.24, 2.45) is 0 Å². The quantitative estimate of drug-likeness (QED) is 0.541. The van der Waals surface area contributed by atoms with E-state index in [-0.39, 0.29) is 31.3 Å². The molecule has 4 nitrogen and oxygen atoms in total. The van der Waals surface area contributed by atoms with Crippen LogP contribution in [-0.4, -0.2) is 43.0 Å². The van der Waals surface area contributed by atoms with E-state index in [0.717, 1.165) is 4.90 Å². The van der Waals surface area contributed by atoms with Crippen LogP contribution in [0.1, 0.15) is 36.5 Å². The Bertz CT molecular complexity index is 544. The normalized spacial score (nSPS) is 11.2. The number of alkyl halides is 3. The van der Waals surface area contributed by atoms with Gasteiger partial charge in [0, 0.05) is 25.6 Å². The van der Waals surface area contributed by atoms with Crippen LogP contribution in [0.2, 0.25) is 0 Å². The summed E-state index contributed by atoms with van der Waals surface area (Å²) in [6.07, 6.45) is -4.77. The second kappa shape index (κ2) is 8.55. The number of benzene rings is 1. The van der Waals surface area contributed by atoms with Crippen LogP contribution in [0.15, 0.2) is 24.3 Å². The van der Waals surface area contributed by atoms with Gasteiger partial charge in [-0.1, -0.05) is 12.1 Å². The lowest BCUT2D eigenvalue weighted by Gasteiger charge is -2.18. The molecule has 0 N–H and O–H groups in total. The molecule has 0 saturated heterocycles. The van der Waals surface area contributed by atoms with E-state index in [4.69, 9.17) is 4.74 Å². The van der Waals surface area contributed by atoms with Gasteiger partial charge in [-0.15, -0.1) is 0 Å². The SMILES string of the molecule is CC(=O)c1cccc(OCCCC(=O)N(C)CCC(F)(F)F)c1. The predicted octanol–water partition coefficient (Wildman–Crippen LogP) is 3.46. The molecule has 0 aromatic heterocycles. The van der Waals surface area contributed by atoms with Gasteiger partial charge in [0.15, 0.2) is 5.78 Å². The smallest absolute Gasteiger partial charge is 0.390 e. The minimum Gasteiger partial charge on any atom is -0.494 e. The molecule has 128 valence electrons. The molecule has 0 bridgehead atoms. The van der Waals surface area contributed by atoms with Gasteiger partial charge >= 0.3 is 6.18 Å². The third kappa shape index (κ3) is 7.67. The van der Waals surface area contributed by atoms with Crippen molar-refractivity contribution in [3.05, 3.63) is 29.8 Å². The maximum absolute atomic E-state index is 12.1. The van der Waals surface area contributed by atoms with Crippen LogP contribution >= 0.6 is 0 Å². The molecule has 23 heavy (non-hydrogen) atoms. The van der Waals surface area contributed by atoms with Crippen molar-refractivity contribution >= 4 is 11.7 Å². The molecule has 1 aromatic rings. The first-order valence-electron chi connectivity index (χ1n) is 7.23. The minimum absolute atomic E-state index is 0.0723. The van der Waals surface area contributed by atoms with Crippen LogP contribution in [-0.2, 0) is 4.79 Å². The molecule has 0 saturated carbocycles. The van der Waals surface area contributed by atoms with Gasteiger partial charge < -0.3 is 9.64 Å². The highest BCUT2D eigenvalue weighted by molar-refractivity contribution is 5.94. The van der Waals surface area contributed by atoms with Crippen LogP contribution in [0.3, 0.4) is 0 Å². The number of ketones is 1. The van der Waals surface area contributed by atoms with Crippen LogP contribution in [0, 0.1) is 0 Å². The Morgan fingerprint density at radius 2 is 1.96 bits per heavy atom. The van der Waals surface area contributed by atoms with E-state index in [1.54, 1.807) is 24.3 Å². The van der Waals surface area contributed by atoms with Crippen LogP contribution in [0.5, 0.6) is 5.75 Å². The summed E-state index contributed by atoms with van der Waals surface area (Å²) in [5.41, 5.74) is 0.533. The highest BCUT2D eigenvalue weighted by Crippen LogP contribution is 2.19. The summed E-state index contributed by atoms with van der Waals surface area (Å²) in [5, 5.41) is 0. The van der Waals surface area contributed by atoms with Crippen LogP contribution in [0.4, 0.5) is 13.2 Å². The Morgan fingerprint density at radius 1 is 1.26 bits per heavy atom. The number of carbonyl (C=O) groups excluding carboxylic acids is 2. The monoisotopic (exact) mass is 331 g/mol. The number of Topliss-reactive ketones (excluding diaryl/α,β-unsaturated/α-hetero) is 1. The number of hydrogen-bond donors (Lipinski definition) is 0. The highest BCUT2D eigenvalue weighted by Gasteiger charge is 2.27. The van der Waals surface area contributed by atoms with E-state index in [0.29, 0.717) is 17.7 Å². The average Bonchev–Trinajstić information content (AvgIpc) is 2.48. The topological polar surface area (TPSA) is 46.6 Å². The van der Waals surface area contributed by atoms with Gasteiger partial charge in [-0.3, -0.25) is 9.59 Å². The van der Waals surface area contributed by atoms with Crippen molar-refractivity contribution in [2.45, 2.75) is 32.4 Å². The Morgan fingerprint density at radius 3 is 2.57 bits per heavy atom. The number of amides is 1. The number of hydrogen-bond acceptors (Lipinski definition) is 3. The molecule has 1 aromatic carbocycles. The summed E-state index contributed by atoms with van der Waals surface area (Å²) in [5.74, 6) is 0.0998. The van der Waals surface area contributed by atoms with Gasteiger partial charge in [-0.2, -0.15) is 13.2 Å². The summed E-state index contributed by atoms with van der Waals surface area (Å²) in [6.45, 7) is 1.36.